The number of esters is 1. The standard InChI is InChI=1S/C16H13Cl2NO5S/c1-25(22,23)13-8-3-2-5-10(13)16(21)24-9-14(20)19-15-11(17)6-4-7-12(15)18/h2-8H,9H2,1H3,(H,19,20). The van der Waals surface area contributed by atoms with Crippen molar-refractivity contribution in [3.05, 3.63) is 58.1 Å². The van der Waals surface area contributed by atoms with Crippen LogP contribution in [-0.2, 0) is 19.4 Å². The second kappa shape index (κ2) is 7.86. The Balaban J connectivity index is 2.07. The number of hydrogen-bond donors (Lipinski definition) is 1. The summed E-state index contributed by atoms with van der Waals surface area (Å²) in [6, 6.07) is 10.3. The van der Waals surface area contributed by atoms with Gasteiger partial charge in [-0.2, -0.15) is 0 Å². The molecule has 132 valence electrons. The molecule has 0 saturated carbocycles. The molecule has 0 unspecified atom stereocenters. The molecule has 1 N–H and O–H groups in total. The van der Waals surface area contributed by atoms with E-state index in [4.69, 9.17) is 27.9 Å². The number of ether oxygens (including phenoxy) is 1. The molecule has 2 rings (SSSR count). The molecular formula is C16H13Cl2NO5S. The Bertz CT molecular complexity index is 908. The number of amides is 1. The molecule has 25 heavy (non-hydrogen) atoms. The van der Waals surface area contributed by atoms with E-state index >= 15 is 0 Å². The van der Waals surface area contributed by atoms with Gasteiger partial charge in [-0.05, 0) is 24.3 Å². The highest BCUT2D eigenvalue weighted by Crippen LogP contribution is 2.29. The van der Waals surface area contributed by atoms with Crippen LogP contribution in [0.3, 0.4) is 0 Å². The van der Waals surface area contributed by atoms with E-state index in [-0.39, 0.29) is 26.2 Å². The predicted octanol–water partition coefficient (Wildman–Crippen LogP) is 3.19. The fourth-order valence-corrected chi connectivity index (χ4v) is 3.33. The third kappa shape index (κ3) is 4.94. The number of hydrogen-bond acceptors (Lipinski definition) is 5. The maximum absolute atomic E-state index is 12.1. The Morgan fingerprint density at radius 2 is 1.64 bits per heavy atom. The second-order valence-corrected chi connectivity index (χ2v) is 7.79. The molecule has 0 aliphatic rings. The van der Waals surface area contributed by atoms with Gasteiger partial charge in [0.25, 0.3) is 5.91 Å². The molecule has 9 heteroatoms. The van der Waals surface area contributed by atoms with E-state index in [0.29, 0.717) is 0 Å². The smallest absolute Gasteiger partial charge is 0.339 e. The van der Waals surface area contributed by atoms with Gasteiger partial charge < -0.3 is 10.1 Å². The van der Waals surface area contributed by atoms with Crippen molar-refractivity contribution in [3.63, 3.8) is 0 Å². The molecule has 2 aromatic rings. The first-order valence-corrected chi connectivity index (χ1v) is 9.55. The minimum atomic E-state index is -3.61. The van der Waals surface area contributed by atoms with Gasteiger partial charge in [0.1, 0.15) is 0 Å². The lowest BCUT2D eigenvalue weighted by atomic mass is 10.2. The fraction of sp³-hybridized carbons (Fsp3) is 0.125. The summed E-state index contributed by atoms with van der Waals surface area (Å²) in [5.41, 5.74) is 0.0528. The molecule has 0 spiro atoms. The second-order valence-electron chi connectivity index (χ2n) is 4.99. The molecule has 0 fully saturated rings. The van der Waals surface area contributed by atoms with Crippen LogP contribution in [-0.4, -0.2) is 33.2 Å². The Morgan fingerprint density at radius 1 is 1.04 bits per heavy atom. The summed E-state index contributed by atoms with van der Waals surface area (Å²) in [5, 5.41) is 2.89. The monoisotopic (exact) mass is 401 g/mol. The van der Waals surface area contributed by atoms with Gasteiger partial charge >= 0.3 is 5.97 Å². The number of carbonyl (C=O) groups is 2. The summed E-state index contributed by atoms with van der Waals surface area (Å²) >= 11 is 11.9. The van der Waals surface area contributed by atoms with E-state index in [1.54, 1.807) is 6.07 Å². The molecule has 6 nitrogen and oxygen atoms in total. The van der Waals surface area contributed by atoms with Gasteiger partial charge in [-0.1, -0.05) is 41.4 Å². The van der Waals surface area contributed by atoms with E-state index < -0.39 is 28.3 Å². The molecule has 0 heterocycles. The van der Waals surface area contributed by atoms with Gasteiger partial charge in [0.05, 0.1) is 26.2 Å². The zero-order chi connectivity index (χ0) is 18.6. The van der Waals surface area contributed by atoms with Gasteiger partial charge in [-0.25, -0.2) is 13.2 Å². The number of carbonyl (C=O) groups excluding carboxylic acids is 2. The average molecular weight is 402 g/mol. The number of anilines is 1. The molecular weight excluding hydrogens is 389 g/mol. The molecule has 0 atom stereocenters. The number of rotatable bonds is 5. The van der Waals surface area contributed by atoms with E-state index in [1.165, 1.54) is 36.4 Å². The van der Waals surface area contributed by atoms with Crippen molar-refractivity contribution in [2.75, 3.05) is 18.2 Å². The molecule has 0 radical (unpaired) electrons. The first kappa shape index (κ1) is 19.2. The molecule has 0 saturated heterocycles. The first-order chi connectivity index (χ1) is 11.7. The Kier molecular flexibility index (Phi) is 6.05. The van der Waals surface area contributed by atoms with E-state index in [9.17, 15) is 18.0 Å². The van der Waals surface area contributed by atoms with Crippen molar-refractivity contribution in [1.29, 1.82) is 0 Å². The number of sulfone groups is 1. The van der Waals surface area contributed by atoms with Crippen LogP contribution in [0.1, 0.15) is 10.4 Å². The van der Waals surface area contributed by atoms with Crippen LogP contribution in [0.2, 0.25) is 10.0 Å². The van der Waals surface area contributed by atoms with Crippen LogP contribution >= 0.6 is 23.2 Å². The van der Waals surface area contributed by atoms with Crippen LogP contribution in [0.15, 0.2) is 47.4 Å². The zero-order valence-corrected chi connectivity index (χ0v) is 15.3. The summed E-state index contributed by atoms with van der Waals surface area (Å²) < 4.78 is 28.3. The Morgan fingerprint density at radius 3 is 2.24 bits per heavy atom. The highest BCUT2D eigenvalue weighted by molar-refractivity contribution is 7.90. The van der Waals surface area contributed by atoms with Crippen LogP contribution in [0.4, 0.5) is 5.69 Å². The highest BCUT2D eigenvalue weighted by Gasteiger charge is 2.20. The third-order valence-electron chi connectivity index (χ3n) is 3.07. The van der Waals surface area contributed by atoms with Crippen LogP contribution < -0.4 is 5.32 Å². The van der Waals surface area contributed by atoms with Gasteiger partial charge in [0.15, 0.2) is 16.4 Å². The summed E-state index contributed by atoms with van der Waals surface area (Å²) in [7, 11) is -3.61. The molecule has 1 amide bonds. The highest BCUT2D eigenvalue weighted by atomic mass is 35.5. The van der Waals surface area contributed by atoms with E-state index in [0.717, 1.165) is 6.26 Å². The summed E-state index contributed by atoms with van der Waals surface area (Å²) in [4.78, 5) is 23.8. The number of nitrogens with one attached hydrogen (secondary N) is 1. The molecule has 0 bridgehead atoms. The van der Waals surface area contributed by atoms with Crippen molar-refractivity contribution >= 4 is 50.6 Å². The molecule has 2 aromatic carbocycles. The quantitative estimate of drug-likeness (QED) is 0.776. The summed E-state index contributed by atoms with van der Waals surface area (Å²) in [6.07, 6.45) is 0.977. The van der Waals surface area contributed by atoms with Crippen LogP contribution in [0.25, 0.3) is 0 Å². The topological polar surface area (TPSA) is 89.5 Å². The van der Waals surface area contributed by atoms with Gasteiger partial charge in [-0.3, -0.25) is 4.79 Å². The van der Waals surface area contributed by atoms with Crippen LogP contribution in [0.5, 0.6) is 0 Å². The van der Waals surface area contributed by atoms with E-state index in [1.807, 2.05) is 0 Å². The van der Waals surface area contributed by atoms with Crippen molar-refractivity contribution in [1.82, 2.24) is 0 Å². The number of benzene rings is 2. The fourth-order valence-electron chi connectivity index (χ4n) is 1.96. The van der Waals surface area contributed by atoms with Crippen molar-refractivity contribution < 1.29 is 22.7 Å². The minimum absolute atomic E-state index is 0.145. The lowest BCUT2D eigenvalue weighted by molar-refractivity contribution is -0.119. The Hall–Kier alpha value is -2.09. The molecule has 0 aliphatic carbocycles. The van der Waals surface area contributed by atoms with Crippen LogP contribution in [0, 0.1) is 0 Å². The number of para-hydroxylation sites is 1. The largest absolute Gasteiger partial charge is 0.452 e. The zero-order valence-electron chi connectivity index (χ0n) is 13.0. The van der Waals surface area contributed by atoms with E-state index in [2.05, 4.69) is 5.32 Å². The van der Waals surface area contributed by atoms with Gasteiger partial charge in [0, 0.05) is 6.26 Å². The Labute approximate surface area is 154 Å². The van der Waals surface area contributed by atoms with Crippen molar-refractivity contribution in [2.45, 2.75) is 4.90 Å². The summed E-state index contributed by atoms with van der Waals surface area (Å²) in [6.45, 7) is -0.627. The van der Waals surface area contributed by atoms with Gasteiger partial charge in [-0.15, -0.1) is 0 Å². The normalized spacial score (nSPS) is 11.0. The molecule has 0 aromatic heterocycles. The summed E-state index contributed by atoms with van der Waals surface area (Å²) in [5.74, 6) is -1.60. The minimum Gasteiger partial charge on any atom is -0.452 e. The van der Waals surface area contributed by atoms with Gasteiger partial charge in [0.2, 0.25) is 0 Å². The number of halogens is 2. The maximum Gasteiger partial charge on any atom is 0.339 e. The van der Waals surface area contributed by atoms with Crippen molar-refractivity contribution in [3.8, 4) is 0 Å². The van der Waals surface area contributed by atoms with Crippen molar-refractivity contribution in [2.24, 2.45) is 0 Å². The maximum atomic E-state index is 12.1. The molecule has 0 aliphatic heterocycles. The predicted molar refractivity (Wildman–Crippen MR) is 94.9 cm³/mol. The first-order valence-electron chi connectivity index (χ1n) is 6.90. The average Bonchev–Trinajstić information content (AvgIpc) is 2.55. The lowest BCUT2D eigenvalue weighted by Gasteiger charge is -2.10. The SMILES string of the molecule is CS(=O)(=O)c1ccccc1C(=O)OCC(=O)Nc1c(Cl)cccc1Cl. The third-order valence-corrected chi connectivity index (χ3v) is 4.85. The lowest BCUT2D eigenvalue weighted by Crippen LogP contribution is -2.22.